The molecular weight excluding hydrogens is 294 g/mol. The molecule has 0 radical (unpaired) electrons. The average molecular weight is 309 g/mol. The highest BCUT2D eigenvalue weighted by molar-refractivity contribution is 6.27. The van der Waals surface area contributed by atoms with E-state index >= 15 is 0 Å². The molecule has 0 aromatic heterocycles. The quantitative estimate of drug-likeness (QED) is 0.629. The summed E-state index contributed by atoms with van der Waals surface area (Å²) in [7, 11) is 1.24. The summed E-state index contributed by atoms with van der Waals surface area (Å²) >= 11 is 0. The van der Waals surface area contributed by atoms with E-state index in [2.05, 4.69) is 4.74 Å². The maximum atomic E-state index is 12.8. The third kappa shape index (κ3) is 1.70. The van der Waals surface area contributed by atoms with Crippen LogP contribution < -0.4 is 0 Å². The fourth-order valence-electron chi connectivity index (χ4n) is 3.66. The predicted molar refractivity (Wildman–Crippen MR) is 83.3 cm³/mol. The Morgan fingerprint density at radius 3 is 2.00 bits per heavy atom. The first-order chi connectivity index (χ1) is 11.0. The lowest BCUT2D eigenvalue weighted by Crippen LogP contribution is -2.49. The second-order valence-corrected chi connectivity index (χ2v) is 5.97. The van der Waals surface area contributed by atoms with E-state index < -0.39 is 23.8 Å². The molecule has 116 valence electrons. The van der Waals surface area contributed by atoms with Crippen molar-refractivity contribution in [2.45, 2.75) is 25.8 Å². The van der Waals surface area contributed by atoms with E-state index in [9.17, 15) is 14.4 Å². The molecule has 0 saturated carbocycles. The number of amides is 2. The molecule has 0 fully saturated rings. The number of nitrogens with zero attached hydrogens (tertiary/aromatic N) is 1. The standard InChI is InChI=1S/C18H15NO4/c1-9(18(22)23-2)19-16(20)12-7-5-10-3-4-11-6-8-13(17(19)21)15(12)14(10)11/h5-9H,3-4H2,1-2H3/t9-/m1/s1. The van der Waals surface area contributed by atoms with E-state index in [0.29, 0.717) is 11.1 Å². The first kappa shape index (κ1) is 13.9. The molecule has 1 heterocycles. The van der Waals surface area contributed by atoms with Crippen LogP contribution in [0.25, 0.3) is 10.8 Å². The zero-order valence-electron chi connectivity index (χ0n) is 12.9. The van der Waals surface area contributed by atoms with Crippen LogP contribution in [0.1, 0.15) is 38.8 Å². The zero-order chi connectivity index (χ0) is 16.3. The molecule has 0 bridgehead atoms. The number of ether oxygens (including phenoxy) is 1. The Morgan fingerprint density at radius 2 is 1.52 bits per heavy atom. The second kappa shape index (κ2) is 4.65. The number of carbonyl (C=O) groups excluding carboxylic acids is 3. The lowest BCUT2D eigenvalue weighted by atomic mass is 9.90. The Hall–Kier alpha value is -2.69. The van der Waals surface area contributed by atoms with E-state index in [1.54, 1.807) is 12.1 Å². The van der Waals surface area contributed by atoms with Crippen LogP contribution >= 0.6 is 0 Å². The fourth-order valence-corrected chi connectivity index (χ4v) is 3.66. The van der Waals surface area contributed by atoms with E-state index in [1.165, 1.54) is 25.2 Å². The van der Waals surface area contributed by atoms with Gasteiger partial charge < -0.3 is 4.74 Å². The van der Waals surface area contributed by atoms with Gasteiger partial charge in [-0.2, -0.15) is 0 Å². The monoisotopic (exact) mass is 309 g/mol. The van der Waals surface area contributed by atoms with Crippen molar-refractivity contribution in [1.82, 2.24) is 4.90 Å². The Balaban J connectivity index is 1.97. The Kier molecular flexibility index (Phi) is 2.82. The molecule has 1 atom stereocenters. The maximum absolute atomic E-state index is 12.8. The molecule has 1 aliphatic carbocycles. The topological polar surface area (TPSA) is 63.7 Å². The van der Waals surface area contributed by atoms with Crippen molar-refractivity contribution in [3.63, 3.8) is 0 Å². The number of esters is 1. The smallest absolute Gasteiger partial charge is 0.328 e. The molecule has 2 aromatic rings. The molecule has 0 saturated heterocycles. The first-order valence-corrected chi connectivity index (χ1v) is 7.57. The number of carbonyl (C=O) groups is 3. The van der Waals surface area contributed by atoms with Gasteiger partial charge in [-0.15, -0.1) is 0 Å². The first-order valence-electron chi connectivity index (χ1n) is 7.57. The molecular formula is C18H15NO4. The van der Waals surface area contributed by atoms with Gasteiger partial charge in [0.05, 0.1) is 7.11 Å². The van der Waals surface area contributed by atoms with Crippen LogP contribution in [0.5, 0.6) is 0 Å². The van der Waals surface area contributed by atoms with Crippen LogP contribution in [0.15, 0.2) is 24.3 Å². The van der Waals surface area contributed by atoms with Gasteiger partial charge in [0.1, 0.15) is 6.04 Å². The summed E-state index contributed by atoms with van der Waals surface area (Å²) in [5, 5.41) is 1.77. The molecule has 5 nitrogen and oxygen atoms in total. The van der Waals surface area contributed by atoms with Crippen LogP contribution in [0.4, 0.5) is 0 Å². The highest BCUT2D eigenvalue weighted by Gasteiger charge is 2.39. The molecule has 2 amide bonds. The summed E-state index contributed by atoms with van der Waals surface area (Å²) in [5.41, 5.74) is 3.32. The van der Waals surface area contributed by atoms with E-state index in [-0.39, 0.29) is 0 Å². The van der Waals surface area contributed by atoms with Crippen molar-refractivity contribution in [2.75, 3.05) is 7.11 Å². The summed E-state index contributed by atoms with van der Waals surface area (Å²) in [6.45, 7) is 1.50. The highest BCUT2D eigenvalue weighted by Crippen LogP contribution is 2.38. The van der Waals surface area contributed by atoms with Crippen LogP contribution in [0.3, 0.4) is 0 Å². The van der Waals surface area contributed by atoms with Crippen molar-refractivity contribution in [3.8, 4) is 0 Å². The fraction of sp³-hybridized carbons (Fsp3) is 0.278. The number of hydrogen-bond donors (Lipinski definition) is 0. The van der Waals surface area contributed by atoms with Gasteiger partial charge in [-0.3, -0.25) is 14.5 Å². The number of hydrogen-bond acceptors (Lipinski definition) is 4. The largest absolute Gasteiger partial charge is 0.467 e. The number of methoxy groups -OCH3 is 1. The van der Waals surface area contributed by atoms with E-state index in [1.807, 2.05) is 12.1 Å². The third-order valence-electron chi connectivity index (χ3n) is 4.82. The summed E-state index contributed by atoms with van der Waals surface area (Å²) in [4.78, 5) is 38.4. The minimum Gasteiger partial charge on any atom is -0.467 e. The number of benzene rings is 2. The molecule has 2 aliphatic rings. The zero-order valence-corrected chi connectivity index (χ0v) is 12.9. The van der Waals surface area contributed by atoms with Crippen molar-refractivity contribution in [2.24, 2.45) is 0 Å². The van der Waals surface area contributed by atoms with Crippen molar-refractivity contribution in [3.05, 3.63) is 46.5 Å². The van der Waals surface area contributed by atoms with Gasteiger partial charge in [0, 0.05) is 16.5 Å². The number of rotatable bonds is 2. The summed E-state index contributed by atoms with van der Waals surface area (Å²) < 4.78 is 4.69. The van der Waals surface area contributed by atoms with Gasteiger partial charge in [-0.1, -0.05) is 12.1 Å². The molecule has 5 heteroatoms. The van der Waals surface area contributed by atoms with Crippen LogP contribution in [-0.2, 0) is 22.4 Å². The molecule has 1 aliphatic heterocycles. The van der Waals surface area contributed by atoms with Crippen molar-refractivity contribution >= 4 is 28.6 Å². The summed E-state index contributed by atoms with van der Waals surface area (Å²) in [6.07, 6.45) is 1.86. The average Bonchev–Trinajstić information content (AvgIpc) is 2.98. The van der Waals surface area contributed by atoms with Gasteiger partial charge in [0.2, 0.25) is 0 Å². The number of imide groups is 1. The van der Waals surface area contributed by atoms with Crippen molar-refractivity contribution < 1.29 is 19.1 Å². The van der Waals surface area contributed by atoms with Gasteiger partial charge in [0.25, 0.3) is 11.8 Å². The van der Waals surface area contributed by atoms with Gasteiger partial charge >= 0.3 is 5.97 Å². The van der Waals surface area contributed by atoms with E-state index in [0.717, 1.165) is 28.5 Å². The Bertz CT molecular complexity index is 841. The maximum Gasteiger partial charge on any atom is 0.328 e. The van der Waals surface area contributed by atoms with Gasteiger partial charge in [-0.25, -0.2) is 4.79 Å². The highest BCUT2D eigenvalue weighted by atomic mass is 16.5. The van der Waals surface area contributed by atoms with Crippen LogP contribution in [0, 0.1) is 0 Å². The third-order valence-corrected chi connectivity index (χ3v) is 4.82. The molecule has 2 aromatic carbocycles. The Morgan fingerprint density at radius 1 is 1.00 bits per heavy atom. The minimum atomic E-state index is -0.951. The molecule has 23 heavy (non-hydrogen) atoms. The normalized spacial score (nSPS) is 16.9. The lowest BCUT2D eigenvalue weighted by molar-refractivity contribution is -0.144. The Labute approximate surface area is 132 Å². The summed E-state index contributed by atoms with van der Waals surface area (Å²) in [5.74, 6) is -1.48. The van der Waals surface area contributed by atoms with Crippen LogP contribution in [-0.4, -0.2) is 35.8 Å². The molecule has 4 rings (SSSR count). The predicted octanol–water partition coefficient (Wildman–Crippen LogP) is 2.10. The van der Waals surface area contributed by atoms with Gasteiger partial charge in [-0.05, 0) is 48.4 Å². The number of aryl methyl sites for hydroxylation is 2. The lowest BCUT2D eigenvalue weighted by Gasteiger charge is -2.30. The van der Waals surface area contributed by atoms with Gasteiger partial charge in [0.15, 0.2) is 0 Å². The minimum absolute atomic E-state index is 0.434. The molecule has 0 N–H and O–H groups in total. The molecule has 0 unspecified atom stereocenters. The van der Waals surface area contributed by atoms with Crippen molar-refractivity contribution in [1.29, 1.82) is 0 Å². The SMILES string of the molecule is COC(=O)[C@@H](C)N1C(=O)c2ccc3c4c(ccc(c24)C1=O)CC3. The second-order valence-electron chi connectivity index (χ2n) is 5.97. The van der Waals surface area contributed by atoms with E-state index in [4.69, 9.17) is 0 Å². The van der Waals surface area contributed by atoms with Crippen LogP contribution in [0.2, 0.25) is 0 Å². The molecule has 0 spiro atoms. The summed E-state index contributed by atoms with van der Waals surface area (Å²) in [6, 6.07) is 6.48.